The van der Waals surface area contributed by atoms with Crippen molar-refractivity contribution in [2.24, 2.45) is 0 Å². The zero-order valence-electron chi connectivity index (χ0n) is 9.68. The van der Waals surface area contributed by atoms with Gasteiger partial charge in [-0.3, -0.25) is 0 Å². The average Bonchev–Trinajstić information content (AvgIpc) is 2.39. The second kappa shape index (κ2) is 5.92. The van der Waals surface area contributed by atoms with E-state index < -0.39 is 5.83 Å². The molecule has 0 fully saturated rings. The minimum absolute atomic E-state index is 0.360. The summed E-state index contributed by atoms with van der Waals surface area (Å²) in [7, 11) is 0. The summed E-state index contributed by atoms with van der Waals surface area (Å²) in [6, 6.07) is 15.4. The lowest BCUT2D eigenvalue weighted by Gasteiger charge is -1.95. The summed E-state index contributed by atoms with van der Waals surface area (Å²) in [6.45, 7) is 0. The van der Waals surface area contributed by atoms with Crippen LogP contribution in [0.5, 0.6) is 0 Å². The van der Waals surface area contributed by atoms with Gasteiger partial charge in [-0.15, -0.1) is 0 Å². The Labute approximate surface area is 105 Å². The number of allylic oxidation sites excluding steroid dienone is 2. The summed E-state index contributed by atoms with van der Waals surface area (Å²) >= 11 is 0. The Morgan fingerprint density at radius 3 is 2.28 bits per heavy atom. The van der Waals surface area contributed by atoms with Crippen LogP contribution in [-0.4, -0.2) is 0 Å². The highest BCUT2D eigenvalue weighted by molar-refractivity contribution is 5.59. The van der Waals surface area contributed by atoms with Crippen LogP contribution in [0.4, 0.5) is 8.78 Å². The van der Waals surface area contributed by atoms with E-state index in [1.807, 2.05) is 18.2 Å². The number of rotatable bonds is 3. The first-order chi connectivity index (χ1) is 8.75. The molecular weight excluding hydrogens is 230 g/mol. The first kappa shape index (κ1) is 12.2. The molecule has 0 aromatic heterocycles. The average molecular weight is 242 g/mol. The van der Waals surface area contributed by atoms with Crippen molar-refractivity contribution in [3.63, 3.8) is 0 Å². The molecule has 2 rings (SSSR count). The van der Waals surface area contributed by atoms with Gasteiger partial charge in [-0.05, 0) is 29.9 Å². The van der Waals surface area contributed by atoms with E-state index >= 15 is 0 Å². The fourth-order valence-corrected chi connectivity index (χ4v) is 1.54. The molecule has 0 radical (unpaired) electrons. The molecule has 90 valence electrons. The molecule has 0 saturated heterocycles. The van der Waals surface area contributed by atoms with E-state index in [0.717, 1.165) is 5.56 Å². The normalized spacial score (nSPS) is 12.0. The molecule has 2 aromatic carbocycles. The molecule has 2 aromatic rings. The van der Waals surface area contributed by atoms with Crippen LogP contribution in [0, 0.1) is 5.82 Å². The molecule has 18 heavy (non-hydrogen) atoms. The lowest BCUT2D eigenvalue weighted by molar-refractivity contribution is 0.625. The summed E-state index contributed by atoms with van der Waals surface area (Å²) in [4.78, 5) is 0. The summed E-state index contributed by atoms with van der Waals surface area (Å²) in [5.74, 6) is -0.772. The largest absolute Gasteiger partial charge is 0.207 e. The maximum Gasteiger partial charge on any atom is 0.130 e. The minimum atomic E-state index is -0.413. The minimum Gasteiger partial charge on any atom is -0.207 e. The molecule has 0 unspecified atom stereocenters. The molecule has 0 aliphatic carbocycles. The van der Waals surface area contributed by atoms with E-state index in [1.165, 1.54) is 24.3 Å². The van der Waals surface area contributed by atoms with Crippen molar-refractivity contribution < 1.29 is 8.78 Å². The third kappa shape index (κ3) is 3.39. The van der Waals surface area contributed by atoms with Gasteiger partial charge in [0.2, 0.25) is 0 Å². The maximum atomic E-state index is 13.6. The van der Waals surface area contributed by atoms with Gasteiger partial charge in [0.15, 0.2) is 0 Å². The smallest absolute Gasteiger partial charge is 0.130 e. The predicted molar refractivity (Wildman–Crippen MR) is 71.0 cm³/mol. The van der Waals surface area contributed by atoms with Gasteiger partial charge in [0, 0.05) is 5.56 Å². The van der Waals surface area contributed by atoms with Gasteiger partial charge in [0.1, 0.15) is 11.6 Å². The Morgan fingerprint density at radius 1 is 0.889 bits per heavy atom. The van der Waals surface area contributed by atoms with Crippen LogP contribution in [0.3, 0.4) is 0 Å². The van der Waals surface area contributed by atoms with Crippen LogP contribution < -0.4 is 0 Å². The van der Waals surface area contributed by atoms with E-state index in [2.05, 4.69) is 0 Å². The molecule has 0 N–H and O–H groups in total. The highest BCUT2D eigenvalue weighted by Crippen LogP contribution is 2.13. The van der Waals surface area contributed by atoms with Crippen molar-refractivity contribution in [3.05, 3.63) is 83.4 Å². The fraction of sp³-hybridized carbons (Fsp3) is 0. The van der Waals surface area contributed by atoms with Crippen molar-refractivity contribution in [1.82, 2.24) is 0 Å². The zero-order chi connectivity index (χ0) is 12.8. The van der Waals surface area contributed by atoms with E-state index in [-0.39, 0.29) is 5.82 Å². The topological polar surface area (TPSA) is 0 Å². The SMILES string of the molecule is FC(C=Cc1ccccc1F)=Cc1ccccc1. The number of benzene rings is 2. The first-order valence-electron chi connectivity index (χ1n) is 5.60. The summed E-state index contributed by atoms with van der Waals surface area (Å²) in [6.07, 6.45) is 4.08. The summed E-state index contributed by atoms with van der Waals surface area (Å²) in [5.41, 5.74) is 1.14. The van der Waals surface area contributed by atoms with Crippen molar-refractivity contribution >= 4 is 12.2 Å². The van der Waals surface area contributed by atoms with Crippen LogP contribution >= 0.6 is 0 Å². The second-order valence-electron chi connectivity index (χ2n) is 3.79. The lowest BCUT2D eigenvalue weighted by atomic mass is 10.1. The molecule has 0 nitrogen and oxygen atoms in total. The first-order valence-corrected chi connectivity index (χ1v) is 5.60. The third-order valence-electron chi connectivity index (χ3n) is 2.43. The van der Waals surface area contributed by atoms with Crippen molar-refractivity contribution in [2.45, 2.75) is 0 Å². The van der Waals surface area contributed by atoms with Gasteiger partial charge >= 0.3 is 0 Å². The van der Waals surface area contributed by atoms with Crippen molar-refractivity contribution in [3.8, 4) is 0 Å². The van der Waals surface area contributed by atoms with E-state index in [1.54, 1.807) is 30.3 Å². The third-order valence-corrected chi connectivity index (χ3v) is 2.43. The van der Waals surface area contributed by atoms with Crippen molar-refractivity contribution in [2.75, 3.05) is 0 Å². The highest BCUT2D eigenvalue weighted by atomic mass is 19.1. The molecule has 0 atom stereocenters. The van der Waals surface area contributed by atoms with Gasteiger partial charge in [-0.25, -0.2) is 8.78 Å². The van der Waals surface area contributed by atoms with E-state index in [9.17, 15) is 8.78 Å². The number of hydrogen-bond donors (Lipinski definition) is 0. The Balaban J connectivity index is 2.15. The highest BCUT2D eigenvalue weighted by Gasteiger charge is 1.96. The lowest BCUT2D eigenvalue weighted by Crippen LogP contribution is -1.79. The number of halogens is 2. The van der Waals surface area contributed by atoms with Gasteiger partial charge in [-0.1, -0.05) is 48.5 Å². The Morgan fingerprint density at radius 2 is 1.56 bits per heavy atom. The molecular formula is C16H12F2. The predicted octanol–water partition coefficient (Wildman–Crippen LogP) is 4.85. The van der Waals surface area contributed by atoms with Gasteiger partial charge < -0.3 is 0 Å². The second-order valence-corrected chi connectivity index (χ2v) is 3.79. The number of hydrogen-bond acceptors (Lipinski definition) is 0. The molecule has 0 bridgehead atoms. The summed E-state index contributed by atoms with van der Waals surface area (Å²) in [5, 5.41) is 0. The fourth-order valence-electron chi connectivity index (χ4n) is 1.54. The maximum absolute atomic E-state index is 13.6. The molecule has 0 aliphatic rings. The molecule has 0 amide bonds. The molecule has 0 heterocycles. The van der Waals surface area contributed by atoms with Crippen LogP contribution in [0.1, 0.15) is 11.1 Å². The molecule has 0 saturated carbocycles. The van der Waals surface area contributed by atoms with E-state index in [0.29, 0.717) is 5.56 Å². The summed E-state index contributed by atoms with van der Waals surface area (Å²) < 4.78 is 26.8. The Bertz CT molecular complexity index is 569. The van der Waals surface area contributed by atoms with Crippen LogP contribution in [0.25, 0.3) is 12.2 Å². The van der Waals surface area contributed by atoms with Crippen molar-refractivity contribution in [1.29, 1.82) is 0 Å². The van der Waals surface area contributed by atoms with Crippen LogP contribution in [-0.2, 0) is 0 Å². The molecule has 2 heteroatoms. The monoisotopic (exact) mass is 242 g/mol. The van der Waals surface area contributed by atoms with Gasteiger partial charge in [0.25, 0.3) is 0 Å². The van der Waals surface area contributed by atoms with E-state index in [4.69, 9.17) is 0 Å². The van der Waals surface area contributed by atoms with Gasteiger partial charge in [0.05, 0.1) is 0 Å². The molecule has 0 aliphatic heterocycles. The quantitative estimate of drug-likeness (QED) is 0.675. The van der Waals surface area contributed by atoms with Gasteiger partial charge in [-0.2, -0.15) is 0 Å². The van der Waals surface area contributed by atoms with Crippen LogP contribution in [0.2, 0.25) is 0 Å². The Hall–Kier alpha value is -2.22. The molecule has 0 spiro atoms. The Kier molecular flexibility index (Phi) is 4.02. The standard InChI is InChI=1S/C16H12F2/c17-15(12-13-6-2-1-3-7-13)11-10-14-8-4-5-9-16(14)18/h1-12H. The zero-order valence-corrected chi connectivity index (χ0v) is 9.68. The van der Waals surface area contributed by atoms with Crippen LogP contribution in [0.15, 0.2) is 66.5 Å².